The van der Waals surface area contributed by atoms with E-state index in [1.807, 2.05) is 0 Å². The third-order valence-electron chi connectivity index (χ3n) is 2.61. The normalized spacial score (nSPS) is 22.5. The molecule has 2 nitrogen and oxygen atoms in total. The van der Waals surface area contributed by atoms with E-state index in [0.29, 0.717) is 5.92 Å². The largest absolute Gasteiger partial charge is 0.394 e. The third kappa shape index (κ3) is 3.55. The van der Waals surface area contributed by atoms with Gasteiger partial charge in [-0.3, -0.25) is 0 Å². The predicted molar refractivity (Wildman–Crippen MR) is 48.6 cm³/mol. The van der Waals surface area contributed by atoms with Crippen molar-refractivity contribution in [2.24, 2.45) is 5.92 Å². The predicted octanol–water partition coefficient (Wildman–Crippen LogP) is 1.51. The van der Waals surface area contributed by atoms with Gasteiger partial charge in [-0.2, -0.15) is 0 Å². The summed E-state index contributed by atoms with van der Waals surface area (Å²) < 4.78 is 0. The van der Waals surface area contributed by atoms with E-state index in [9.17, 15) is 0 Å². The summed E-state index contributed by atoms with van der Waals surface area (Å²) in [5.74, 6) is 0.694. The molecule has 1 aliphatic carbocycles. The number of hydrogen-bond donors (Lipinski definition) is 2. The molecule has 2 N–H and O–H groups in total. The second-order valence-corrected chi connectivity index (χ2v) is 3.69. The first-order valence-electron chi connectivity index (χ1n) is 4.95. The highest BCUT2D eigenvalue weighted by molar-refractivity contribution is 4.81. The van der Waals surface area contributed by atoms with Gasteiger partial charge < -0.3 is 10.2 Å². The number of aliphatic hydroxyl groups excluding tert-OH is 2. The van der Waals surface area contributed by atoms with Crippen LogP contribution in [-0.4, -0.2) is 22.9 Å². The lowest BCUT2D eigenvalue weighted by Gasteiger charge is -2.21. The van der Waals surface area contributed by atoms with E-state index in [1.54, 1.807) is 0 Å². The van der Waals surface area contributed by atoms with Crippen LogP contribution in [-0.2, 0) is 0 Å². The van der Waals surface area contributed by atoms with E-state index in [0.717, 1.165) is 12.8 Å². The molecular formula is C10H19O2. The lowest BCUT2D eigenvalue weighted by molar-refractivity contribution is 0.0826. The van der Waals surface area contributed by atoms with Crippen LogP contribution >= 0.6 is 0 Å². The first kappa shape index (κ1) is 10.0. The van der Waals surface area contributed by atoms with Crippen molar-refractivity contribution in [2.45, 2.75) is 44.6 Å². The molecule has 2 unspecified atom stereocenters. The van der Waals surface area contributed by atoms with Gasteiger partial charge in [-0.1, -0.05) is 19.3 Å². The Kier molecular flexibility index (Phi) is 4.62. The van der Waals surface area contributed by atoms with Crippen LogP contribution in [0.2, 0.25) is 0 Å². The summed E-state index contributed by atoms with van der Waals surface area (Å²) in [7, 11) is 0. The maximum Gasteiger partial charge on any atom is 0.0771 e. The average Bonchev–Trinajstić information content (AvgIpc) is 2.16. The Bertz CT molecular complexity index is 108. The van der Waals surface area contributed by atoms with E-state index >= 15 is 0 Å². The van der Waals surface area contributed by atoms with Crippen molar-refractivity contribution in [3.63, 3.8) is 0 Å². The fraction of sp³-hybridized carbons (Fsp3) is 0.900. The van der Waals surface area contributed by atoms with Crippen LogP contribution in [0.3, 0.4) is 0 Å². The lowest BCUT2D eigenvalue weighted by atomic mass is 9.85. The highest BCUT2D eigenvalue weighted by Gasteiger charge is 2.14. The number of rotatable bonds is 4. The van der Waals surface area contributed by atoms with Gasteiger partial charge in [0.15, 0.2) is 0 Å². The molecule has 1 aliphatic rings. The van der Waals surface area contributed by atoms with Gasteiger partial charge in [0.2, 0.25) is 0 Å². The van der Waals surface area contributed by atoms with Gasteiger partial charge >= 0.3 is 0 Å². The lowest BCUT2D eigenvalue weighted by Crippen LogP contribution is -2.15. The molecular weight excluding hydrogens is 152 g/mol. The molecule has 0 spiro atoms. The number of hydrogen-bond acceptors (Lipinski definition) is 2. The Hall–Kier alpha value is -0.0800. The van der Waals surface area contributed by atoms with Crippen LogP contribution in [0, 0.1) is 12.3 Å². The van der Waals surface area contributed by atoms with Gasteiger partial charge in [-0.05, 0) is 31.6 Å². The molecule has 1 rings (SSSR count). The second kappa shape index (κ2) is 5.55. The van der Waals surface area contributed by atoms with Crippen molar-refractivity contribution in [3.8, 4) is 0 Å². The topological polar surface area (TPSA) is 40.5 Å². The highest BCUT2D eigenvalue weighted by atomic mass is 16.3. The summed E-state index contributed by atoms with van der Waals surface area (Å²) in [4.78, 5) is 0. The zero-order chi connectivity index (χ0) is 8.81. The molecule has 0 aromatic carbocycles. The minimum Gasteiger partial charge on any atom is -0.394 e. The van der Waals surface area contributed by atoms with Crippen LogP contribution in [0.5, 0.6) is 0 Å². The van der Waals surface area contributed by atoms with Crippen LogP contribution in [0.15, 0.2) is 0 Å². The molecule has 1 saturated carbocycles. The standard InChI is InChI=1S/C10H19O2/c11-8-10(12)7-6-9-4-2-1-3-5-9/h4,9-12H,1-3,5-8H2. The van der Waals surface area contributed by atoms with Crippen molar-refractivity contribution in [1.82, 2.24) is 0 Å². The quantitative estimate of drug-likeness (QED) is 0.673. The van der Waals surface area contributed by atoms with Crippen LogP contribution in [0.25, 0.3) is 0 Å². The highest BCUT2D eigenvalue weighted by Crippen LogP contribution is 2.26. The molecule has 0 saturated heterocycles. The molecule has 2 heteroatoms. The summed E-state index contributed by atoms with van der Waals surface area (Å²) >= 11 is 0. The second-order valence-electron chi connectivity index (χ2n) is 3.69. The van der Waals surface area contributed by atoms with Gasteiger partial charge in [0, 0.05) is 0 Å². The smallest absolute Gasteiger partial charge is 0.0771 e. The van der Waals surface area contributed by atoms with Crippen LogP contribution in [0.4, 0.5) is 0 Å². The zero-order valence-corrected chi connectivity index (χ0v) is 7.58. The Balaban J connectivity index is 2.05. The van der Waals surface area contributed by atoms with E-state index < -0.39 is 6.10 Å². The Labute approximate surface area is 74.6 Å². The molecule has 2 atom stereocenters. The minimum absolute atomic E-state index is 0.0906. The van der Waals surface area contributed by atoms with Crippen LogP contribution < -0.4 is 0 Å². The summed E-state index contributed by atoms with van der Waals surface area (Å²) in [6.07, 6.45) is 8.83. The summed E-state index contributed by atoms with van der Waals surface area (Å²) in [6.45, 7) is -0.0906. The molecule has 0 heterocycles. The number of aliphatic hydroxyl groups is 2. The van der Waals surface area contributed by atoms with Crippen LogP contribution in [0.1, 0.15) is 38.5 Å². The molecule has 1 radical (unpaired) electrons. The van der Waals surface area contributed by atoms with Crippen molar-refractivity contribution in [1.29, 1.82) is 0 Å². The molecule has 0 aromatic rings. The fourth-order valence-corrected chi connectivity index (χ4v) is 1.78. The van der Waals surface area contributed by atoms with E-state index in [1.165, 1.54) is 25.7 Å². The molecule has 0 aliphatic heterocycles. The molecule has 0 bridgehead atoms. The molecule has 12 heavy (non-hydrogen) atoms. The maximum absolute atomic E-state index is 9.12. The van der Waals surface area contributed by atoms with Crippen molar-refractivity contribution < 1.29 is 10.2 Å². The van der Waals surface area contributed by atoms with Gasteiger partial charge in [-0.15, -0.1) is 0 Å². The zero-order valence-electron chi connectivity index (χ0n) is 7.58. The summed E-state index contributed by atoms with van der Waals surface area (Å²) in [6, 6.07) is 0. The van der Waals surface area contributed by atoms with Crippen molar-refractivity contribution >= 4 is 0 Å². The Morgan fingerprint density at radius 1 is 1.42 bits per heavy atom. The minimum atomic E-state index is -0.500. The van der Waals surface area contributed by atoms with Gasteiger partial charge in [0.1, 0.15) is 0 Å². The SMILES string of the molecule is OCC(O)CCC1[CH]CCCC1. The molecule has 0 amide bonds. The first-order chi connectivity index (χ1) is 5.83. The maximum atomic E-state index is 9.12. The Morgan fingerprint density at radius 3 is 2.83 bits per heavy atom. The third-order valence-corrected chi connectivity index (χ3v) is 2.61. The molecule has 0 aromatic heterocycles. The first-order valence-corrected chi connectivity index (χ1v) is 4.95. The van der Waals surface area contributed by atoms with Gasteiger partial charge in [0.25, 0.3) is 0 Å². The van der Waals surface area contributed by atoms with Gasteiger partial charge in [-0.25, -0.2) is 0 Å². The monoisotopic (exact) mass is 171 g/mol. The van der Waals surface area contributed by atoms with E-state index in [-0.39, 0.29) is 6.61 Å². The molecule has 1 fully saturated rings. The van der Waals surface area contributed by atoms with E-state index in [2.05, 4.69) is 6.42 Å². The van der Waals surface area contributed by atoms with Crippen molar-refractivity contribution in [3.05, 3.63) is 6.42 Å². The fourth-order valence-electron chi connectivity index (χ4n) is 1.78. The van der Waals surface area contributed by atoms with E-state index in [4.69, 9.17) is 10.2 Å². The van der Waals surface area contributed by atoms with Crippen molar-refractivity contribution in [2.75, 3.05) is 6.61 Å². The average molecular weight is 171 g/mol. The summed E-state index contributed by atoms with van der Waals surface area (Å²) in [5.41, 5.74) is 0. The molecule has 71 valence electrons. The Morgan fingerprint density at radius 2 is 2.25 bits per heavy atom. The summed E-state index contributed by atoms with van der Waals surface area (Å²) in [5, 5.41) is 17.7. The van der Waals surface area contributed by atoms with Gasteiger partial charge in [0.05, 0.1) is 12.7 Å².